The smallest absolute Gasteiger partial charge is 0.280 e. The van der Waals surface area contributed by atoms with Gasteiger partial charge in [-0.3, -0.25) is 9.59 Å². The summed E-state index contributed by atoms with van der Waals surface area (Å²) in [5, 5.41) is 13.0. The first-order valence-electron chi connectivity index (χ1n) is 11.2. The van der Waals surface area contributed by atoms with Gasteiger partial charge in [0.2, 0.25) is 5.91 Å². The maximum absolute atomic E-state index is 13.6. The summed E-state index contributed by atoms with van der Waals surface area (Å²) in [5.41, 5.74) is 2.35. The summed E-state index contributed by atoms with van der Waals surface area (Å²) in [6, 6.07) is 20.4. The van der Waals surface area contributed by atoms with Crippen LogP contribution < -0.4 is 10.9 Å². The summed E-state index contributed by atoms with van der Waals surface area (Å²) in [4.78, 5) is 26.4. The van der Waals surface area contributed by atoms with E-state index >= 15 is 0 Å². The first-order chi connectivity index (χ1) is 16.9. The predicted octanol–water partition coefficient (Wildman–Crippen LogP) is 4.21. The Morgan fingerprint density at radius 3 is 2.37 bits per heavy atom. The maximum Gasteiger partial charge on any atom is 0.280 e. The molecule has 35 heavy (non-hydrogen) atoms. The van der Waals surface area contributed by atoms with Crippen molar-refractivity contribution < 1.29 is 4.79 Å². The fourth-order valence-corrected chi connectivity index (χ4v) is 4.22. The zero-order valence-corrected chi connectivity index (χ0v) is 20.0. The van der Waals surface area contributed by atoms with Crippen LogP contribution >= 0.6 is 11.6 Å². The third kappa shape index (κ3) is 4.36. The molecule has 0 spiro atoms. The Morgan fingerprint density at radius 2 is 1.69 bits per heavy atom. The molecule has 0 radical (unpaired) electrons. The van der Waals surface area contributed by atoms with Gasteiger partial charge in [0.1, 0.15) is 17.4 Å². The highest BCUT2D eigenvalue weighted by Crippen LogP contribution is 2.25. The molecule has 0 bridgehead atoms. The number of hydrogen-bond donors (Lipinski definition) is 1. The molecule has 1 N–H and O–H groups in total. The van der Waals surface area contributed by atoms with E-state index in [1.807, 2.05) is 78.5 Å². The molecule has 1 atom stereocenters. The van der Waals surface area contributed by atoms with Crippen molar-refractivity contribution in [2.75, 3.05) is 0 Å². The zero-order chi connectivity index (χ0) is 24.5. The summed E-state index contributed by atoms with van der Waals surface area (Å²) in [6.45, 7) is 3.48. The molecule has 176 valence electrons. The predicted molar refractivity (Wildman–Crippen MR) is 135 cm³/mol. The molecule has 8 nitrogen and oxygen atoms in total. The monoisotopic (exact) mass is 486 g/mol. The second-order valence-corrected chi connectivity index (χ2v) is 8.71. The van der Waals surface area contributed by atoms with Crippen LogP contribution in [0.5, 0.6) is 0 Å². The molecule has 3 heterocycles. The zero-order valence-electron chi connectivity index (χ0n) is 19.2. The van der Waals surface area contributed by atoms with Crippen molar-refractivity contribution in [2.24, 2.45) is 0 Å². The van der Waals surface area contributed by atoms with Gasteiger partial charge in [0.25, 0.3) is 5.56 Å². The van der Waals surface area contributed by atoms with Crippen molar-refractivity contribution in [1.82, 2.24) is 29.4 Å². The minimum absolute atomic E-state index is 0.202. The first-order valence-corrected chi connectivity index (χ1v) is 11.5. The SMILES string of the molecule is Cc1nn(CC(=O)N[C@@H](C)c2ccccc2)c(=O)c2c(-n3cccc3)n(-c3ccc(Cl)cc3)nc12. The Hall–Kier alpha value is -4.17. The van der Waals surface area contributed by atoms with Gasteiger partial charge >= 0.3 is 0 Å². The average Bonchev–Trinajstić information content (AvgIpc) is 3.52. The fraction of sp³-hybridized carbons (Fsp3) is 0.154. The lowest BCUT2D eigenvalue weighted by atomic mass is 10.1. The quantitative estimate of drug-likeness (QED) is 0.389. The van der Waals surface area contributed by atoms with E-state index in [4.69, 9.17) is 16.7 Å². The maximum atomic E-state index is 13.6. The molecule has 0 aliphatic carbocycles. The van der Waals surface area contributed by atoms with Crippen LogP contribution in [0.25, 0.3) is 22.4 Å². The number of nitrogens with zero attached hydrogens (tertiary/aromatic N) is 5. The molecule has 0 unspecified atom stereocenters. The topological polar surface area (TPSA) is 86.7 Å². The number of amides is 1. The van der Waals surface area contributed by atoms with E-state index in [0.717, 1.165) is 11.3 Å². The first kappa shape index (κ1) is 22.6. The Bertz CT molecular complexity index is 1550. The minimum atomic E-state index is -0.392. The number of nitrogens with one attached hydrogen (secondary N) is 1. The minimum Gasteiger partial charge on any atom is -0.348 e. The van der Waals surface area contributed by atoms with Crippen LogP contribution in [-0.2, 0) is 11.3 Å². The number of fused-ring (bicyclic) bond motifs is 1. The second-order valence-electron chi connectivity index (χ2n) is 8.27. The number of benzene rings is 2. The third-order valence-corrected chi connectivity index (χ3v) is 6.07. The lowest BCUT2D eigenvalue weighted by molar-refractivity contribution is -0.122. The molecule has 1 amide bonds. The molecule has 5 rings (SSSR count). The highest BCUT2D eigenvalue weighted by atomic mass is 35.5. The molecule has 3 aromatic heterocycles. The van der Waals surface area contributed by atoms with E-state index in [0.29, 0.717) is 27.4 Å². The number of carbonyl (C=O) groups is 1. The van der Waals surface area contributed by atoms with E-state index in [1.54, 1.807) is 23.7 Å². The lowest BCUT2D eigenvalue weighted by Gasteiger charge is -2.15. The molecule has 0 saturated carbocycles. The van der Waals surface area contributed by atoms with Crippen molar-refractivity contribution >= 4 is 28.4 Å². The van der Waals surface area contributed by atoms with Crippen molar-refractivity contribution in [3.8, 4) is 11.5 Å². The Labute approximate surface area is 206 Å². The summed E-state index contributed by atoms with van der Waals surface area (Å²) in [6.07, 6.45) is 3.69. The van der Waals surface area contributed by atoms with E-state index in [2.05, 4.69) is 10.4 Å². The number of hydrogen-bond acceptors (Lipinski definition) is 4. The van der Waals surface area contributed by atoms with E-state index < -0.39 is 5.56 Å². The van der Waals surface area contributed by atoms with Crippen LogP contribution in [0, 0.1) is 6.92 Å². The van der Waals surface area contributed by atoms with E-state index in [1.165, 1.54) is 4.68 Å². The molecular formula is C26H23ClN6O2. The van der Waals surface area contributed by atoms with Gasteiger partial charge in [0.15, 0.2) is 5.82 Å². The Morgan fingerprint density at radius 1 is 1.00 bits per heavy atom. The summed E-state index contributed by atoms with van der Waals surface area (Å²) < 4.78 is 4.72. The van der Waals surface area contributed by atoms with Crippen LogP contribution in [0.1, 0.15) is 24.2 Å². The molecular weight excluding hydrogens is 464 g/mol. The van der Waals surface area contributed by atoms with Crippen LogP contribution in [0.2, 0.25) is 5.02 Å². The third-order valence-electron chi connectivity index (χ3n) is 5.81. The number of rotatable bonds is 6. The summed E-state index contributed by atoms with van der Waals surface area (Å²) >= 11 is 6.08. The van der Waals surface area contributed by atoms with Gasteiger partial charge in [-0.25, -0.2) is 9.36 Å². The number of aromatic nitrogens is 5. The van der Waals surface area contributed by atoms with Gasteiger partial charge in [-0.15, -0.1) is 0 Å². The molecule has 5 aromatic rings. The van der Waals surface area contributed by atoms with E-state index in [-0.39, 0.29) is 18.5 Å². The van der Waals surface area contributed by atoms with Crippen molar-refractivity contribution in [3.05, 3.63) is 106 Å². The largest absolute Gasteiger partial charge is 0.348 e. The number of halogens is 1. The van der Waals surface area contributed by atoms with Crippen LogP contribution in [-0.4, -0.2) is 30.0 Å². The Balaban J connectivity index is 1.58. The normalized spacial score (nSPS) is 12.1. The van der Waals surface area contributed by atoms with Crippen molar-refractivity contribution in [1.29, 1.82) is 0 Å². The van der Waals surface area contributed by atoms with Gasteiger partial charge < -0.3 is 9.88 Å². The average molecular weight is 487 g/mol. The Kier molecular flexibility index (Phi) is 5.96. The molecule has 0 aliphatic rings. The van der Waals surface area contributed by atoms with Crippen molar-refractivity contribution in [2.45, 2.75) is 26.4 Å². The van der Waals surface area contributed by atoms with Crippen LogP contribution in [0.3, 0.4) is 0 Å². The summed E-state index contributed by atoms with van der Waals surface area (Å²) in [7, 11) is 0. The summed E-state index contributed by atoms with van der Waals surface area (Å²) in [5.74, 6) is 0.261. The van der Waals surface area contributed by atoms with Crippen molar-refractivity contribution in [3.63, 3.8) is 0 Å². The molecule has 0 fully saturated rings. The molecule has 9 heteroatoms. The van der Waals surface area contributed by atoms with Gasteiger partial charge in [-0.1, -0.05) is 41.9 Å². The van der Waals surface area contributed by atoms with Gasteiger partial charge in [-0.2, -0.15) is 10.2 Å². The number of carbonyl (C=O) groups excluding carboxylic acids is 1. The van der Waals surface area contributed by atoms with Crippen LogP contribution in [0.15, 0.2) is 83.9 Å². The molecule has 2 aromatic carbocycles. The van der Waals surface area contributed by atoms with Gasteiger partial charge in [-0.05, 0) is 55.8 Å². The highest BCUT2D eigenvalue weighted by Gasteiger charge is 2.22. The standard InChI is InChI=1S/C26H23ClN6O2/c1-17(19-8-4-3-5-9-19)28-22(34)16-32-26(35)23-24(18(2)29-32)30-33(21-12-10-20(27)11-13-21)25(23)31-14-6-7-15-31/h3-15,17H,16H2,1-2H3,(H,28,34)/t17-/m0/s1. The van der Waals surface area contributed by atoms with E-state index in [9.17, 15) is 9.59 Å². The number of aryl methyl sites for hydroxylation is 1. The van der Waals surface area contributed by atoms with Gasteiger partial charge in [0, 0.05) is 17.4 Å². The van der Waals surface area contributed by atoms with Crippen LogP contribution in [0.4, 0.5) is 0 Å². The molecule has 0 aliphatic heterocycles. The fourth-order valence-electron chi connectivity index (χ4n) is 4.09. The highest BCUT2D eigenvalue weighted by molar-refractivity contribution is 6.30. The molecule has 0 saturated heterocycles. The second kappa shape index (κ2) is 9.23. The lowest BCUT2D eigenvalue weighted by Crippen LogP contribution is -2.35. The van der Waals surface area contributed by atoms with Gasteiger partial charge in [0.05, 0.1) is 17.4 Å².